The zero-order chi connectivity index (χ0) is 19.8. The van der Waals surface area contributed by atoms with Gasteiger partial charge >= 0.3 is 5.88 Å². The first-order valence-corrected chi connectivity index (χ1v) is 9.79. The molecule has 1 aromatic carbocycles. The van der Waals surface area contributed by atoms with E-state index in [1.807, 2.05) is 19.9 Å². The minimum absolute atomic E-state index is 0.0867. The predicted octanol–water partition coefficient (Wildman–Crippen LogP) is 4.24. The Morgan fingerprint density at radius 1 is 1.36 bits per heavy atom. The third-order valence-electron chi connectivity index (χ3n) is 4.86. The summed E-state index contributed by atoms with van der Waals surface area (Å²) in [5, 5.41) is 11.4. The van der Waals surface area contributed by atoms with Gasteiger partial charge in [0.05, 0.1) is 28.9 Å². The van der Waals surface area contributed by atoms with Gasteiger partial charge in [-0.05, 0) is 56.0 Å². The first-order valence-electron chi connectivity index (χ1n) is 8.98. The average molecular weight is 401 g/mol. The standard InChI is InChI=1S/C19H19N3O5S/c1-11-8-14-16(9-12(11)2)28-19(20-14)21(10-13-4-3-7-26-13)18(23)15-5-6-17(27-15)22(24)25/h5-6,8-9,13H,3-4,7,10H2,1-2H3. The van der Waals surface area contributed by atoms with Gasteiger partial charge in [-0.3, -0.25) is 19.8 Å². The van der Waals surface area contributed by atoms with E-state index in [4.69, 9.17) is 9.15 Å². The molecule has 0 spiro atoms. The van der Waals surface area contributed by atoms with Gasteiger partial charge in [0.15, 0.2) is 10.9 Å². The second-order valence-corrected chi connectivity index (χ2v) is 7.86. The van der Waals surface area contributed by atoms with E-state index < -0.39 is 16.7 Å². The van der Waals surface area contributed by atoms with Crippen LogP contribution in [0, 0.1) is 24.0 Å². The zero-order valence-electron chi connectivity index (χ0n) is 15.5. The number of benzene rings is 1. The molecule has 1 fully saturated rings. The van der Waals surface area contributed by atoms with Crippen LogP contribution in [0.15, 0.2) is 28.7 Å². The zero-order valence-corrected chi connectivity index (χ0v) is 16.3. The highest BCUT2D eigenvalue weighted by molar-refractivity contribution is 7.22. The van der Waals surface area contributed by atoms with Gasteiger partial charge in [-0.1, -0.05) is 11.3 Å². The Kier molecular flexibility index (Phi) is 4.86. The van der Waals surface area contributed by atoms with Crippen molar-refractivity contribution in [2.45, 2.75) is 32.8 Å². The third-order valence-corrected chi connectivity index (χ3v) is 5.90. The molecule has 0 saturated carbocycles. The smallest absolute Gasteiger partial charge is 0.395 e. The molecule has 3 aromatic rings. The minimum Gasteiger partial charge on any atom is -0.395 e. The number of carbonyl (C=O) groups is 1. The molecule has 1 aliphatic rings. The topological polar surface area (TPSA) is 98.7 Å². The van der Waals surface area contributed by atoms with E-state index in [1.54, 1.807) is 0 Å². The maximum absolute atomic E-state index is 13.1. The second kappa shape index (κ2) is 7.33. The Labute approximate surface area is 164 Å². The number of hydrogen-bond acceptors (Lipinski definition) is 7. The lowest BCUT2D eigenvalue weighted by atomic mass is 10.1. The fraction of sp³-hybridized carbons (Fsp3) is 0.368. The lowest BCUT2D eigenvalue weighted by molar-refractivity contribution is -0.402. The predicted molar refractivity (Wildman–Crippen MR) is 105 cm³/mol. The van der Waals surface area contributed by atoms with E-state index in [9.17, 15) is 14.9 Å². The molecule has 0 aliphatic carbocycles. The van der Waals surface area contributed by atoms with Gasteiger partial charge in [-0.15, -0.1) is 0 Å². The third kappa shape index (κ3) is 3.50. The molecule has 1 saturated heterocycles. The Morgan fingerprint density at radius 2 is 2.14 bits per heavy atom. The molecule has 1 amide bonds. The molecular formula is C19H19N3O5S. The molecule has 1 aliphatic heterocycles. The maximum Gasteiger partial charge on any atom is 0.433 e. The molecule has 0 radical (unpaired) electrons. The number of amides is 1. The van der Waals surface area contributed by atoms with Crippen molar-refractivity contribution in [1.82, 2.24) is 4.98 Å². The highest BCUT2D eigenvalue weighted by Gasteiger charge is 2.30. The van der Waals surface area contributed by atoms with Crippen molar-refractivity contribution in [3.63, 3.8) is 0 Å². The molecule has 1 unspecified atom stereocenters. The fourth-order valence-corrected chi connectivity index (χ4v) is 4.25. The monoisotopic (exact) mass is 401 g/mol. The van der Waals surface area contributed by atoms with Crippen LogP contribution in [-0.2, 0) is 4.74 Å². The highest BCUT2D eigenvalue weighted by Crippen LogP contribution is 2.33. The van der Waals surface area contributed by atoms with Gasteiger partial charge in [-0.25, -0.2) is 4.98 Å². The number of anilines is 1. The van der Waals surface area contributed by atoms with E-state index in [1.165, 1.54) is 28.4 Å². The number of furan rings is 1. The van der Waals surface area contributed by atoms with Crippen molar-refractivity contribution < 1.29 is 18.9 Å². The normalized spacial score (nSPS) is 16.6. The molecule has 0 N–H and O–H groups in total. The number of nitro groups is 1. The molecule has 8 nitrogen and oxygen atoms in total. The van der Waals surface area contributed by atoms with Gasteiger partial charge in [0.2, 0.25) is 0 Å². The number of nitrogens with zero attached hydrogens (tertiary/aromatic N) is 3. The number of aryl methyl sites for hydroxylation is 2. The summed E-state index contributed by atoms with van der Waals surface area (Å²) in [7, 11) is 0. The van der Waals surface area contributed by atoms with Gasteiger partial charge in [0, 0.05) is 6.61 Å². The van der Waals surface area contributed by atoms with Crippen molar-refractivity contribution in [3.05, 3.63) is 51.3 Å². The summed E-state index contributed by atoms with van der Waals surface area (Å²) >= 11 is 1.41. The number of thiazole rings is 1. The van der Waals surface area contributed by atoms with Crippen LogP contribution < -0.4 is 4.90 Å². The number of ether oxygens (including phenoxy) is 1. The molecule has 4 rings (SSSR count). The number of carbonyl (C=O) groups excluding carboxylic acids is 1. The van der Waals surface area contributed by atoms with Crippen LogP contribution in [0.2, 0.25) is 0 Å². The van der Waals surface area contributed by atoms with Gasteiger partial charge < -0.3 is 9.15 Å². The van der Waals surface area contributed by atoms with Crippen LogP contribution >= 0.6 is 11.3 Å². The lowest BCUT2D eigenvalue weighted by Gasteiger charge is -2.21. The number of fused-ring (bicyclic) bond motifs is 1. The van der Waals surface area contributed by atoms with Gasteiger partial charge in [0.1, 0.15) is 4.92 Å². The lowest BCUT2D eigenvalue weighted by Crippen LogP contribution is -2.37. The summed E-state index contributed by atoms with van der Waals surface area (Å²) in [6.45, 7) is 5.04. The SMILES string of the molecule is Cc1cc2nc(N(CC3CCCO3)C(=O)c3ccc([N+](=O)[O-])o3)sc2cc1C. The molecule has 9 heteroatoms. The molecule has 0 bridgehead atoms. The van der Waals surface area contributed by atoms with E-state index in [2.05, 4.69) is 11.1 Å². The largest absolute Gasteiger partial charge is 0.433 e. The Morgan fingerprint density at radius 3 is 2.82 bits per heavy atom. The maximum atomic E-state index is 13.1. The average Bonchev–Trinajstić information content (AvgIpc) is 3.40. The number of aromatic nitrogens is 1. The Balaban J connectivity index is 1.71. The summed E-state index contributed by atoms with van der Waals surface area (Å²) in [5.41, 5.74) is 3.10. The van der Waals surface area contributed by atoms with Crippen LogP contribution in [0.5, 0.6) is 0 Å². The minimum atomic E-state index is -0.662. The first-order chi connectivity index (χ1) is 13.4. The van der Waals surface area contributed by atoms with Crippen molar-refractivity contribution >= 4 is 38.5 Å². The van der Waals surface area contributed by atoms with Crippen LogP contribution in [0.25, 0.3) is 10.2 Å². The van der Waals surface area contributed by atoms with E-state index in [0.717, 1.165) is 34.2 Å². The van der Waals surface area contributed by atoms with Crippen molar-refractivity contribution in [1.29, 1.82) is 0 Å². The Hall–Kier alpha value is -2.78. The van der Waals surface area contributed by atoms with Crippen LogP contribution in [0.1, 0.15) is 34.5 Å². The summed E-state index contributed by atoms with van der Waals surface area (Å²) in [5.74, 6) is -1.01. The molecule has 2 aromatic heterocycles. The van der Waals surface area contributed by atoms with Gasteiger partial charge in [0.25, 0.3) is 5.91 Å². The molecular weight excluding hydrogens is 382 g/mol. The van der Waals surface area contributed by atoms with E-state index >= 15 is 0 Å². The molecule has 1 atom stereocenters. The van der Waals surface area contributed by atoms with Crippen LogP contribution in [0.3, 0.4) is 0 Å². The van der Waals surface area contributed by atoms with E-state index in [0.29, 0.717) is 18.3 Å². The van der Waals surface area contributed by atoms with Crippen LogP contribution in [0.4, 0.5) is 11.0 Å². The van der Waals surface area contributed by atoms with Crippen molar-refractivity contribution in [2.24, 2.45) is 0 Å². The summed E-state index contributed by atoms with van der Waals surface area (Å²) in [6.07, 6.45) is 1.70. The second-order valence-electron chi connectivity index (χ2n) is 6.85. The van der Waals surface area contributed by atoms with Crippen molar-refractivity contribution in [3.8, 4) is 0 Å². The Bertz CT molecular complexity index is 1010. The summed E-state index contributed by atoms with van der Waals surface area (Å²) in [4.78, 5) is 29.5. The van der Waals surface area contributed by atoms with Crippen LogP contribution in [-0.4, -0.2) is 35.1 Å². The fourth-order valence-electron chi connectivity index (χ4n) is 3.20. The number of hydrogen-bond donors (Lipinski definition) is 0. The highest BCUT2D eigenvalue weighted by atomic mass is 32.1. The van der Waals surface area contributed by atoms with Gasteiger partial charge in [-0.2, -0.15) is 0 Å². The molecule has 3 heterocycles. The quantitative estimate of drug-likeness (QED) is 0.468. The molecule has 146 valence electrons. The van der Waals surface area contributed by atoms with E-state index in [-0.39, 0.29) is 11.9 Å². The number of rotatable bonds is 5. The van der Waals surface area contributed by atoms with Crippen molar-refractivity contribution in [2.75, 3.05) is 18.1 Å². The molecule has 28 heavy (non-hydrogen) atoms. The summed E-state index contributed by atoms with van der Waals surface area (Å²) < 4.78 is 11.8. The summed E-state index contributed by atoms with van der Waals surface area (Å²) in [6, 6.07) is 6.56. The first kappa shape index (κ1) is 18.6.